The Kier molecular flexibility index (Phi) is 3.04. The first-order valence-corrected chi connectivity index (χ1v) is 4.86. The van der Waals surface area contributed by atoms with Crippen LogP contribution in [0.2, 0.25) is 0 Å². The standard InChI is InChI=1S/C12H18N2/c1-9-7-6-8-14-10(9)11(13-5)12(2,3)4/h6-8H,1-5H3/b13-11+. The lowest BCUT2D eigenvalue weighted by atomic mass is 9.86. The van der Waals surface area contributed by atoms with E-state index in [-0.39, 0.29) is 5.41 Å². The van der Waals surface area contributed by atoms with E-state index in [2.05, 4.69) is 43.7 Å². The molecule has 1 aromatic rings. The molecule has 14 heavy (non-hydrogen) atoms. The lowest BCUT2D eigenvalue weighted by Gasteiger charge is -2.21. The van der Waals surface area contributed by atoms with E-state index in [0.717, 1.165) is 11.4 Å². The highest BCUT2D eigenvalue weighted by Crippen LogP contribution is 2.22. The van der Waals surface area contributed by atoms with Gasteiger partial charge < -0.3 is 0 Å². The average molecular weight is 190 g/mol. The molecule has 1 aromatic heterocycles. The molecule has 0 unspecified atom stereocenters. The van der Waals surface area contributed by atoms with E-state index in [1.165, 1.54) is 5.56 Å². The molecule has 0 amide bonds. The number of hydrogen-bond acceptors (Lipinski definition) is 2. The van der Waals surface area contributed by atoms with Gasteiger partial charge >= 0.3 is 0 Å². The van der Waals surface area contributed by atoms with Gasteiger partial charge in [0, 0.05) is 18.7 Å². The average Bonchev–Trinajstić information content (AvgIpc) is 2.07. The van der Waals surface area contributed by atoms with Gasteiger partial charge in [0.1, 0.15) is 0 Å². The minimum absolute atomic E-state index is 0.0495. The van der Waals surface area contributed by atoms with Crippen LogP contribution in [0.4, 0.5) is 0 Å². The van der Waals surface area contributed by atoms with Crippen molar-refractivity contribution in [1.29, 1.82) is 0 Å². The van der Waals surface area contributed by atoms with Gasteiger partial charge in [0.05, 0.1) is 11.4 Å². The van der Waals surface area contributed by atoms with Gasteiger partial charge in [0.15, 0.2) is 0 Å². The summed E-state index contributed by atoms with van der Waals surface area (Å²) < 4.78 is 0. The summed E-state index contributed by atoms with van der Waals surface area (Å²) in [5.74, 6) is 0. The molecular formula is C12H18N2. The zero-order chi connectivity index (χ0) is 10.8. The molecule has 0 aliphatic rings. The molecule has 0 bridgehead atoms. The molecule has 0 atom stereocenters. The quantitative estimate of drug-likeness (QED) is 0.625. The normalized spacial score (nSPS) is 13.1. The number of nitrogens with zero attached hydrogens (tertiary/aromatic N) is 2. The third-order valence-corrected chi connectivity index (χ3v) is 2.17. The van der Waals surface area contributed by atoms with Crippen molar-refractivity contribution in [2.75, 3.05) is 7.05 Å². The highest BCUT2D eigenvalue weighted by Gasteiger charge is 2.22. The van der Waals surface area contributed by atoms with Gasteiger partial charge in [-0.1, -0.05) is 26.8 Å². The Labute approximate surface area is 86.1 Å². The third kappa shape index (κ3) is 2.19. The first kappa shape index (κ1) is 10.9. The number of rotatable bonds is 1. The van der Waals surface area contributed by atoms with Gasteiger partial charge in [-0.3, -0.25) is 9.98 Å². The Bertz CT molecular complexity index is 346. The topological polar surface area (TPSA) is 25.2 Å². The van der Waals surface area contributed by atoms with Gasteiger partial charge in [-0.15, -0.1) is 0 Å². The Morgan fingerprint density at radius 3 is 2.43 bits per heavy atom. The maximum atomic E-state index is 4.39. The van der Waals surface area contributed by atoms with Gasteiger partial charge in [-0.2, -0.15) is 0 Å². The van der Waals surface area contributed by atoms with Crippen molar-refractivity contribution in [2.45, 2.75) is 27.7 Å². The highest BCUT2D eigenvalue weighted by atomic mass is 14.8. The van der Waals surface area contributed by atoms with Crippen LogP contribution in [0, 0.1) is 12.3 Å². The Morgan fingerprint density at radius 2 is 2.00 bits per heavy atom. The highest BCUT2D eigenvalue weighted by molar-refractivity contribution is 6.03. The summed E-state index contributed by atoms with van der Waals surface area (Å²) in [5, 5.41) is 0. The van der Waals surface area contributed by atoms with Crippen LogP contribution < -0.4 is 0 Å². The number of pyridine rings is 1. The molecule has 0 spiro atoms. The summed E-state index contributed by atoms with van der Waals surface area (Å²) in [5.41, 5.74) is 3.31. The van der Waals surface area contributed by atoms with Crippen molar-refractivity contribution in [2.24, 2.45) is 10.4 Å². The van der Waals surface area contributed by atoms with Crippen molar-refractivity contribution in [3.8, 4) is 0 Å². The Balaban J connectivity index is 3.23. The van der Waals surface area contributed by atoms with Crippen molar-refractivity contribution < 1.29 is 0 Å². The van der Waals surface area contributed by atoms with E-state index >= 15 is 0 Å². The number of aliphatic imine (C=N–C) groups is 1. The Hall–Kier alpha value is -1.18. The monoisotopic (exact) mass is 190 g/mol. The number of aromatic nitrogens is 1. The molecule has 0 aliphatic carbocycles. The summed E-state index contributed by atoms with van der Waals surface area (Å²) in [6.07, 6.45) is 1.82. The van der Waals surface area contributed by atoms with Crippen molar-refractivity contribution >= 4 is 5.71 Å². The fourth-order valence-electron chi connectivity index (χ4n) is 1.53. The van der Waals surface area contributed by atoms with Gasteiger partial charge in [0.25, 0.3) is 0 Å². The molecule has 0 radical (unpaired) electrons. The molecule has 2 nitrogen and oxygen atoms in total. The van der Waals surface area contributed by atoms with Crippen molar-refractivity contribution in [1.82, 2.24) is 4.98 Å². The SMILES string of the molecule is C/N=C(\c1ncccc1C)C(C)(C)C. The molecule has 0 saturated carbocycles. The maximum Gasteiger partial charge on any atom is 0.0874 e. The zero-order valence-electron chi connectivity index (χ0n) is 9.63. The van der Waals surface area contributed by atoms with E-state index in [1.54, 1.807) is 0 Å². The second-order valence-electron chi connectivity index (χ2n) is 4.49. The summed E-state index contributed by atoms with van der Waals surface area (Å²) in [6.45, 7) is 8.54. The third-order valence-electron chi connectivity index (χ3n) is 2.17. The van der Waals surface area contributed by atoms with Gasteiger partial charge in [-0.05, 0) is 18.6 Å². The first-order valence-electron chi connectivity index (χ1n) is 4.86. The summed E-state index contributed by atoms with van der Waals surface area (Å²) >= 11 is 0. The van der Waals surface area contributed by atoms with Crippen LogP contribution in [-0.4, -0.2) is 17.7 Å². The molecular weight excluding hydrogens is 172 g/mol. The van der Waals surface area contributed by atoms with Gasteiger partial charge in [0.2, 0.25) is 0 Å². The predicted molar refractivity (Wildman–Crippen MR) is 60.9 cm³/mol. The van der Waals surface area contributed by atoms with Crippen molar-refractivity contribution in [3.05, 3.63) is 29.6 Å². The van der Waals surface area contributed by atoms with Crippen LogP contribution in [-0.2, 0) is 0 Å². The van der Waals surface area contributed by atoms with Crippen LogP contribution in [0.1, 0.15) is 32.0 Å². The minimum atomic E-state index is 0.0495. The van der Waals surface area contributed by atoms with Crippen LogP contribution in [0.25, 0.3) is 0 Å². The molecule has 1 rings (SSSR count). The largest absolute Gasteiger partial charge is 0.290 e. The minimum Gasteiger partial charge on any atom is -0.290 e. The molecule has 1 heterocycles. The zero-order valence-corrected chi connectivity index (χ0v) is 9.63. The van der Waals surface area contributed by atoms with Gasteiger partial charge in [-0.25, -0.2) is 0 Å². The summed E-state index contributed by atoms with van der Waals surface area (Å²) in [4.78, 5) is 8.73. The first-order chi connectivity index (χ1) is 6.46. The number of aryl methyl sites for hydroxylation is 1. The van der Waals surface area contributed by atoms with E-state index in [0.29, 0.717) is 0 Å². The predicted octanol–water partition coefficient (Wildman–Crippen LogP) is 2.86. The van der Waals surface area contributed by atoms with E-state index in [9.17, 15) is 0 Å². The van der Waals surface area contributed by atoms with Crippen LogP contribution >= 0.6 is 0 Å². The molecule has 2 heteroatoms. The molecule has 0 N–H and O–H groups in total. The van der Waals surface area contributed by atoms with E-state index in [1.807, 2.05) is 19.3 Å². The second kappa shape index (κ2) is 3.91. The maximum absolute atomic E-state index is 4.39. The molecule has 0 fully saturated rings. The van der Waals surface area contributed by atoms with Crippen molar-refractivity contribution in [3.63, 3.8) is 0 Å². The fraction of sp³-hybridized carbons (Fsp3) is 0.500. The van der Waals surface area contributed by atoms with Crippen LogP contribution in [0.5, 0.6) is 0 Å². The van der Waals surface area contributed by atoms with Crippen LogP contribution in [0.3, 0.4) is 0 Å². The second-order valence-corrected chi connectivity index (χ2v) is 4.49. The fourth-order valence-corrected chi connectivity index (χ4v) is 1.53. The number of hydrogen-bond donors (Lipinski definition) is 0. The van der Waals surface area contributed by atoms with E-state index < -0.39 is 0 Å². The lowest BCUT2D eigenvalue weighted by Crippen LogP contribution is -2.23. The molecule has 0 aliphatic heterocycles. The smallest absolute Gasteiger partial charge is 0.0874 e. The summed E-state index contributed by atoms with van der Waals surface area (Å²) in [7, 11) is 1.83. The molecule has 0 aromatic carbocycles. The lowest BCUT2D eigenvalue weighted by molar-refractivity contribution is 0.589. The molecule has 0 saturated heterocycles. The van der Waals surface area contributed by atoms with Crippen LogP contribution in [0.15, 0.2) is 23.3 Å². The molecule has 76 valence electrons. The summed E-state index contributed by atoms with van der Waals surface area (Å²) in [6, 6.07) is 4.02. The Morgan fingerprint density at radius 1 is 1.36 bits per heavy atom. The van der Waals surface area contributed by atoms with E-state index in [4.69, 9.17) is 0 Å².